The molecule has 0 amide bonds. The van der Waals surface area contributed by atoms with Crippen LogP contribution in [0.25, 0.3) is 0 Å². The van der Waals surface area contributed by atoms with Gasteiger partial charge in [-0.15, -0.1) is 0 Å². The lowest BCUT2D eigenvalue weighted by molar-refractivity contribution is 0.287. The number of nitrogens with one attached hydrogen (secondary N) is 1. The summed E-state index contributed by atoms with van der Waals surface area (Å²) in [5, 5.41) is 3.43. The highest BCUT2D eigenvalue weighted by atomic mass is 16.5. The Morgan fingerprint density at radius 3 is 2.63 bits per heavy atom. The summed E-state index contributed by atoms with van der Waals surface area (Å²) in [4.78, 5) is 2.58. The minimum atomic E-state index is 0.404. The molecule has 106 valence electrons. The molecule has 1 N–H and O–H groups in total. The molecule has 0 saturated carbocycles. The quantitative estimate of drug-likeness (QED) is 0.853. The summed E-state index contributed by atoms with van der Waals surface area (Å²) < 4.78 is 5.21. The molecule has 2 rings (SSSR count). The number of likely N-dealkylation sites (N-methyl/N-ethyl adjacent to an activating group) is 1. The number of hydrogen-bond acceptors (Lipinski definition) is 3. The van der Waals surface area contributed by atoms with Gasteiger partial charge in [-0.25, -0.2) is 0 Å². The Labute approximate surface area is 116 Å². The van der Waals surface area contributed by atoms with Crippen molar-refractivity contribution in [1.29, 1.82) is 0 Å². The number of likely N-dealkylation sites (tertiary alicyclic amines) is 1. The topological polar surface area (TPSA) is 24.5 Å². The molecule has 1 aliphatic rings. The Kier molecular flexibility index (Phi) is 5.23. The lowest BCUT2D eigenvalue weighted by Crippen LogP contribution is -2.32. The van der Waals surface area contributed by atoms with Crippen LogP contribution in [0, 0.1) is 5.92 Å². The van der Waals surface area contributed by atoms with E-state index in [2.05, 4.69) is 29.3 Å². The third kappa shape index (κ3) is 3.71. The van der Waals surface area contributed by atoms with E-state index in [9.17, 15) is 0 Å². The van der Waals surface area contributed by atoms with Crippen molar-refractivity contribution in [3.63, 3.8) is 0 Å². The Morgan fingerprint density at radius 1 is 1.37 bits per heavy atom. The molecule has 2 unspecified atom stereocenters. The summed E-state index contributed by atoms with van der Waals surface area (Å²) in [6.07, 6.45) is 2.67. The normalized spacial score (nSPS) is 21.5. The summed E-state index contributed by atoms with van der Waals surface area (Å²) in [5.74, 6) is 1.82. The number of ether oxygens (including phenoxy) is 1. The van der Waals surface area contributed by atoms with Crippen LogP contribution in [0.2, 0.25) is 0 Å². The third-order valence-corrected chi connectivity index (χ3v) is 4.25. The Morgan fingerprint density at radius 2 is 2.11 bits per heavy atom. The fraction of sp³-hybridized carbons (Fsp3) is 0.625. The van der Waals surface area contributed by atoms with E-state index in [1.54, 1.807) is 7.11 Å². The maximum absolute atomic E-state index is 5.21. The van der Waals surface area contributed by atoms with Gasteiger partial charge in [0.1, 0.15) is 5.75 Å². The van der Waals surface area contributed by atoms with Gasteiger partial charge in [-0.1, -0.05) is 25.5 Å². The monoisotopic (exact) mass is 262 g/mol. The van der Waals surface area contributed by atoms with E-state index in [4.69, 9.17) is 4.74 Å². The van der Waals surface area contributed by atoms with Crippen molar-refractivity contribution in [2.45, 2.75) is 25.8 Å². The molecule has 1 saturated heterocycles. The minimum Gasteiger partial charge on any atom is -0.497 e. The second kappa shape index (κ2) is 6.92. The van der Waals surface area contributed by atoms with Crippen LogP contribution in [0.1, 0.15) is 31.4 Å². The zero-order valence-corrected chi connectivity index (χ0v) is 12.4. The molecule has 1 aromatic rings. The molecule has 1 fully saturated rings. The zero-order chi connectivity index (χ0) is 13.7. The highest BCUT2D eigenvalue weighted by Gasteiger charge is 2.23. The van der Waals surface area contributed by atoms with Crippen LogP contribution in [0.4, 0.5) is 0 Å². The van der Waals surface area contributed by atoms with Crippen LogP contribution >= 0.6 is 0 Å². The average Bonchev–Trinajstić information content (AvgIpc) is 2.92. The van der Waals surface area contributed by atoms with Gasteiger partial charge in [0, 0.05) is 19.1 Å². The second-order valence-corrected chi connectivity index (χ2v) is 5.44. The van der Waals surface area contributed by atoms with Crippen molar-refractivity contribution in [2.75, 3.05) is 33.8 Å². The highest BCUT2D eigenvalue weighted by Crippen LogP contribution is 2.23. The molecule has 0 radical (unpaired) electrons. The standard InChI is InChI=1S/C16H26N2O/c1-4-13-9-10-18(11-13)12-16(17-2)14-5-7-15(19-3)8-6-14/h5-8,13,16-17H,4,9-12H2,1-3H3. The van der Waals surface area contributed by atoms with Crippen molar-refractivity contribution in [1.82, 2.24) is 10.2 Å². The Balaban J connectivity index is 1.95. The number of rotatable bonds is 6. The lowest BCUT2D eigenvalue weighted by Gasteiger charge is -2.24. The van der Waals surface area contributed by atoms with E-state index in [1.165, 1.54) is 31.5 Å². The summed E-state index contributed by atoms with van der Waals surface area (Å²) in [6.45, 7) is 5.89. The fourth-order valence-electron chi connectivity index (χ4n) is 2.87. The van der Waals surface area contributed by atoms with Crippen LogP contribution in [-0.2, 0) is 0 Å². The molecule has 2 atom stereocenters. The molecule has 3 heteroatoms. The average molecular weight is 262 g/mol. The molecular formula is C16H26N2O. The van der Waals surface area contributed by atoms with Crippen molar-refractivity contribution in [3.8, 4) is 5.75 Å². The third-order valence-electron chi connectivity index (χ3n) is 4.25. The second-order valence-electron chi connectivity index (χ2n) is 5.44. The number of methoxy groups -OCH3 is 1. The van der Waals surface area contributed by atoms with E-state index >= 15 is 0 Å². The van der Waals surface area contributed by atoms with Crippen LogP contribution < -0.4 is 10.1 Å². The predicted octanol–water partition coefficient (Wildman–Crippen LogP) is 2.69. The summed E-state index contributed by atoms with van der Waals surface area (Å²) in [5.41, 5.74) is 1.34. The SMILES string of the molecule is CCC1CCN(CC(NC)c2ccc(OC)cc2)C1. The van der Waals surface area contributed by atoms with Gasteiger partial charge in [0.15, 0.2) is 0 Å². The van der Waals surface area contributed by atoms with Gasteiger partial charge >= 0.3 is 0 Å². The first-order valence-corrected chi connectivity index (χ1v) is 7.30. The van der Waals surface area contributed by atoms with Gasteiger partial charge in [-0.05, 0) is 43.6 Å². The predicted molar refractivity (Wildman–Crippen MR) is 79.6 cm³/mol. The summed E-state index contributed by atoms with van der Waals surface area (Å²) in [6, 6.07) is 8.80. The molecule has 0 aliphatic carbocycles. The van der Waals surface area contributed by atoms with Crippen molar-refractivity contribution in [2.24, 2.45) is 5.92 Å². The van der Waals surface area contributed by atoms with Gasteiger partial charge in [0.25, 0.3) is 0 Å². The van der Waals surface area contributed by atoms with Gasteiger partial charge in [-0.3, -0.25) is 0 Å². The van der Waals surface area contributed by atoms with E-state index in [-0.39, 0.29) is 0 Å². The van der Waals surface area contributed by atoms with Crippen LogP contribution in [0.3, 0.4) is 0 Å². The van der Waals surface area contributed by atoms with E-state index in [0.29, 0.717) is 6.04 Å². The zero-order valence-electron chi connectivity index (χ0n) is 12.4. The van der Waals surface area contributed by atoms with Gasteiger partial charge in [0.05, 0.1) is 7.11 Å². The molecule has 0 aromatic heterocycles. The molecule has 1 aliphatic heterocycles. The number of hydrogen-bond donors (Lipinski definition) is 1. The largest absolute Gasteiger partial charge is 0.497 e. The van der Waals surface area contributed by atoms with Gasteiger partial charge in [-0.2, -0.15) is 0 Å². The molecule has 0 spiro atoms. The van der Waals surface area contributed by atoms with Crippen molar-refractivity contribution < 1.29 is 4.74 Å². The molecule has 3 nitrogen and oxygen atoms in total. The van der Waals surface area contributed by atoms with Crippen molar-refractivity contribution in [3.05, 3.63) is 29.8 Å². The van der Waals surface area contributed by atoms with Crippen molar-refractivity contribution >= 4 is 0 Å². The summed E-state index contributed by atoms with van der Waals surface area (Å²) in [7, 11) is 3.75. The van der Waals surface area contributed by atoms with Crippen LogP contribution in [0.15, 0.2) is 24.3 Å². The number of nitrogens with zero attached hydrogens (tertiary/aromatic N) is 1. The molecule has 19 heavy (non-hydrogen) atoms. The number of benzene rings is 1. The molecule has 1 heterocycles. The smallest absolute Gasteiger partial charge is 0.118 e. The molecular weight excluding hydrogens is 236 g/mol. The molecule has 1 aromatic carbocycles. The van der Waals surface area contributed by atoms with Gasteiger partial charge in [0.2, 0.25) is 0 Å². The Hall–Kier alpha value is -1.06. The highest BCUT2D eigenvalue weighted by molar-refractivity contribution is 5.29. The molecule has 0 bridgehead atoms. The van der Waals surface area contributed by atoms with E-state index in [1.807, 2.05) is 19.2 Å². The maximum Gasteiger partial charge on any atom is 0.118 e. The summed E-state index contributed by atoms with van der Waals surface area (Å²) >= 11 is 0. The first kappa shape index (κ1) is 14.4. The van der Waals surface area contributed by atoms with E-state index < -0.39 is 0 Å². The minimum absolute atomic E-state index is 0.404. The van der Waals surface area contributed by atoms with E-state index in [0.717, 1.165) is 18.2 Å². The Bertz CT molecular complexity index is 377. The fourth-order valence-corrected chi connectivity index (χ4v) is 2.87. The first-order valence-electron chi connectivity index (χ1n) is 7.30. The van der Waals surface area contributed by atoms with Gasteiger partial charge < -0.3 is 15.0 Å². The first-order chi connectivity index (χ1) is 9.26. The maximum atomic E-state index is 5.21. The lowest BCUT2D eigenvalue weighted by atomic mass is 10.1. The van der Waals surface area contributed by atoms with Crippen LogP contribution in [-0.4, -0.2) is 38.7 Å². The van der Waals surface area contributed by atoms with Crippen LogP contribution in [0.5, 0.6) is 5.75 Å².